The van der Waals surface area contributed by atoms with Gasteiger partial charge in [0, 0.05) is 12.2 Å². The number of nitrogens with one attached hydrogen (secondary N) is 1. The SMILES string of the molecule is CNCCc1ccccc1-c1nc(C2CCCO2)no1. The number of benzene rings is 1. The van der Waals surface area contributed by atoms with Crippen molar-refractivity contribution in [2.75, 3.05) is 20.2 Å². The predicted molar refractivity (Wildman–Crippen MR) is 75.3 cm³/mol. The van der Waals surface area contributed by atoms with Crippen LogP contribution in [0, 0.1) is 0 Å². The summed E-state index contributed by atoms with van der Waals surface area (Å²) in [7, 11) is 1.95. The summed E-state index contributed by atoms with van der Waals surface area (Å²) < 4.78 is 11.0. The summed E-state index contributed by atoms with van der Waals surface area (Å²) in [5.41, 5.74) is 2.23. The highest BCUT2D eigenvalue weighted by Crippen LogP contribution is 2.29. The third kappa shape index (κ3) is 2.73. The zero-order chi connectivity index (χ0) is 13.8. The Labute approximate surface area is 118 Å². The summed E-state index contributed by atoms with van der Waals surface area (Å²) in [4.78, 5) is 4.51. The Bertz CT molecular complexity index is 562. The molecule has 0 aliphatic carbocycles. The van der Waals surface area contributed by atoms with E-state index in [4.69, 9.17) is 9.26 Å². The summed E-state index contributed by atoms with van der Waals surface area (Å²) in [6.45, 7) is 1.71. The third-order valence-electron chi connectivity index (χ3n) is 3.55. The first-order valence-corrected chi connectivity index (χ1v) is 7.06. The van der Waals surface area contributed by atoms with Gasteiger partial charge in [-0.05, 0) is 44.5 Å². The Hall–Kier alpha value is -1.72. The topological polar surface area (TPSA) is 60.2 Å². The molecule has 1 saturated heterocycles. The molecule has 5 nitrogen and oxygen atoms in total. The van der Waals surface area contributed by atoms with Crippen LogP contribution < -0.4 is 5.32 Å². The molecule has 0 radical (unpaired) electrons. The Balaban J connectivity index is 1.85. The van der Waals surface area contributed by atoms with E-state index in [0.717, 1.165) is 38.0 Å². The second kappa shape index (κ2) is 6.15. The minimum atomic E-state index is -0.00280. The van der Waals surface area contributed by atoms with Gasteiger partial charge in [0.1, 0.15) is 6.10 Å². The highest BCUT2D eigenvalue weighted by atomic mass is 16.5. The van der Waals surface area contributed by atoms with Crippen LogP contribution in [0.2, 0.25) is 0 Å². The van der Waals surface area contributed by atoms with E-state index < -0.39 is 0 Å². The van der Waals surface area contributed by atoms with Crippen molar-refractivity contribution in [3.05, 3.63) is 35.7 Å². The molecule has 1 aliphatic rings. The Morgan fingerprint density at radius 3 is 3.05 bits per heavy atom. The molecule has 106 valence electrons. The van der Waals surface area contributed by atoms with Crippen LogP contribution in [-0.4, -0.2) is 30.3 Å². The summed E-state index contributed by atoms with van der Waals surface area (Å²) in [6.07, 6.45) is 2.97. The minimum absolute atomic E-state index is 0.00280. The maximum Gasteiger partial charge on any atom is 0.258 e. The number of rotatable bonds is 5. The van der Waals surface area contributed by atoms with Crippen molar-refractivity contribution >= 4 is 0 Å². The van der Waals surface area contributed by atoms with Gasteiger partial charge in [-0.15, -0.1) is 0 Å². The average Bonchev–Trinajstić information content (AvgIpc) is 3.15. The van der Waals surface area contributed by atoms with Gasteiger partial charge >= 0.3 is 0 Å². The van der Waals surface area contributed by atoms with Gasteiger partial charge in [0.2, 0.25) is 5.82 Å². The van der Waals surface area contributed by atoms with Crippen LogP contribution in [-0.2, 0) is 11.2 Å². The normalized spacial score (nSPS) is 18.6. The van der Waals surface area contributed by atoms with Crippen LogP contribution in [0.1, 0.15) is 30.3 Å². The molecule has 20 heavy (non-hydrogen) atoms. The second-order valence-electron chi connectivity index (χ2n) is 4.97. The molecular formula is C15H19N3O2. The molecule has 1 aromatic heterocycles. The first-order valence-electron chi connectivity index (χ1n) is 7.06. The van der Waals surface area contributed by atoms with E-state index in [1.54, 1.807) is 0 Å². The number of aromatic nitrogens is 2. The number of nitrogens with zero attached hydrogens (tertiary/aromatic N) is 2. The monoisotopic (exact) mass is 273 g/mol. The largest absolute Gasteiger partial charge is 0.370 e. The van der Waals surface area contributed by atoms with Gasteiger partial charge in [-0.1, -0.05) is 23.4 Å². The molecule has 0 saturated carbocycles. The molecule has 0 bridgehead atoms. The molecule has 1 atom stereocenters. The van der Waals surface area contributed by atoms with Crippen molar-refractivity contribution in [1.29, 1.82) is 0 Å². The van der Waals surface area contributed by atoms with Crippen molar-refractivity contribution in [2.45, 2.75) is 25.4 Å². The number of likely N-dealkylation sites (N-methyl/N-ethyl adjacent to an activating group) is 1. The number of hydrogen-bond acceptors (Lipinski definition) is 5. The van der Waals surface area contributed by atoms with E-state index in [0.29, 0.717) is 11.7 Å². The number of hydrogen-bond donors (Lipinski definition) is 1. The van der Waals surface area contributed by atoms with Gasteiger partial charge in [-0.25, -0.2) is 0 Å². The molecule has 5 heteroatoms. The maximum absolute atomic E-state index is 5.59. The lowest BCUT2D eigenvalue weighted by Crippen LogP contribution is -2.10. The molecule has 1 N–H and O–H groups in total. The molecule has 0 spiro atoms. The van der Waals surface area contributed by atoms with Crippen LogP contribution in [0.3, 0.4) is 0 Å². The fourth-order valence-electron chi connectivity index (χ4n) is 2.46. The van der Waals surface area contributed by atoms with Crippen molar-refractivity contribution in [2.24, 2.45) is 0 Å². The molecule has 1 fully saturated rings. The maximum atomic E-state index is 5.59. The predicted octanol–water partition coefficient (Wildman–Crippen LogP) is 2.35. The summed E-state index contributed by atoms with van der Waals surface area (Å²) in [5.74, 6) is 1.25. The molecule has 1 aromatic carbocycles. The smallest absolute Gasteiger partial charge is 0.258 e. The molecule has 3 rings (SSSR count). The Morgan fingerprint density at radius 1 is 1.35 bits per heavy atom. The Kier molecular flexibility index (Phi) is 4.08. The molecule has 0 amide bonds. The Morgan fingerprint density at radius 2 is 2.25 bits per heavy atom. The standard InChI is InChI=1S/C15H19N3O2/c1-16-9-8-11-5-2-3-6-12(11)15-17-14(18-20-15)13-7-4-10-19-13/h2-3,5-6,13,16H,4,7-10H2,1H3. The van der Waals surface area contributed by atoms with Crippen LogP contribution >= 0.6 is 0 Å². The summed E-state index contributed by atoms with van der Waals surface area (Å²) >= 11 is 0. The second-order valence-corrected chi connectivity index (χ2v) is 4.97. The first-order chi connectivity index (χ1) is 9.88. The highest BCUT2D eigenvalue weighted by molar-refractivity contribution is 5.58. The van der Waals surface area contributed by atoms with Gasteiger partial charge in [0.15, 0.2) is 0 Å². The van der Waals surface area contributed by atoms with Crippen LogP contribution in [0.15, 0.2) is 28.8 Å². The van der Waals surface area contributed by atoms with E-state index >= 15 is 0 Å². The fraction of sp³-hybridized carbons (Fsp3) is 0.467. The summed E-state index contributed by atoms with van der Waals surface area (Å²) in [6, 6.07) is 8.15. The molecule has 1 aliphatic heterocycles. The molecular weight excluding hydrogens is 254 g/mol. The molecule has 1 unspecified atom stereocenters. The first kappa shape index (κ1) is 13.3. The lowest BCUT2D eigenvalue weighted by atomic mass is 10.0. The summed E-state index contributed by atoms with van der Waals surface area (Å²) in [5, 5.41) is 7.23. The third-order valence-corrected chi connectivity index (χ3v) is 3.55. The average molecular weight is 273 g/mol. The lowest BCUT2D eigenvalue weighted by molar-refractivity contribution is 0.103. The minimum Gasteiger partial charge on any atom is -0.370 e. The van der Waals surface area contributed by atoms with E-state index in [1.165, 1.54) is 5.56 Å². The van der Waals surface area contributed by atoms with Gasteiger partial charge < -0.3 is 14.6 Å². The quantitative estimate of drug-likeness (QED) is 0.906. The van der Waals surface area contributed by atoms with Crippen LogP contribution in [0.5, 0.6) is 0 Å². The lowest BCUT2D eigenvalue weighted by Gasteiger charge is -2.05. The van der Waals surface area contributed by atoms with E-state index in [9.17, 15) is 0 Å². The fourth-order valence-corrected chi connectivity index (χ4v) is 2.46. The molecule has 2 heterocycles. The number of ether oxygens (including phenoxy) is 1. The van der Waals surface area contributed by atoms with E-state index in [-0.39, 0.29) is 6.10 Å². The van der Waals surface area contributed by atoms with Gasteiger partial charge in [-0.2, -0.15) is 4.98 Å². The van der Waals surface area contributed by atoms with Crippen molar-refractivity contribution in [3.8, 4) is 11.5 Å². The van der Waals surface area contributed by atoms with Crippen molar-refractivity contribution in [3.63, 3.8) is 0 Å². The van der Waals surface area contributed by atoms with Crippen molar-refractivity contribution < 1.29 is 9.26 Å². The van der Waals surface area contributed by atoms with Crippen molar-refractivity contribution in [1.82, 2.24) is 15.5 Å². The zero-order valence-electron chi connectivity index (χ0n) is 11.6. The van der Waals surface area contributed by atoms with Gasteiger partial charge in [0.05, 0.1) is 0 Å². The highest BCUT2D eigenvalue weighted by Gasteiger charge is 2.24. The van der Waals surface area contributed by atoms with E-state index in [1.807, 2.05) is 25.2 Å². The zero-order valence-corrected chi connectivity index (χ0v) is 11.6. The van der Waals surface area contributed by atoms with Gasteiger partial charge in [-0.3, -0.25) is 0 Å². The van der Waals surface area contributed by atoms with Gasteiger partial charge in [0.25, 0.3) is 5.89 Å². The van der Waals surface area contributed by atoms with Crippen LogP contribution in [0.25, 0.3) is 11.5 Å². The van der Waals surface area contributed by atoms with Crippen LogP contribution in [0.4, 0.5) is 0 Å². The molecule has 2 aromatic rings. The van der Waals surface area contributed by atoms with E-state index in [2.05, 4.69) is 21.5 Å².